The summed E-state index contributed by atoms with van der Waals surface area (Å²) in [5, 5.41) is 9.31. The van der Waals surface area contributed by atoms with Crippen LogP contribution in [0.2, 0.25) is 0 Å². The molecule has 0 unspecified atom stereocenters. The summed E-state index contributed by atoms with van der Waals surface area (Å²) < 4.78 is 26.7. The van der Waals surface area contributed by atoms with Crippen LogP contribution in [0.25, 0.3) is 0 Å². The van der Waals surface area contributed by atoms with Gasteiger partial charge in [-0.2, -0.15) is 0 Å². The molecule has 1 aromatic carbocycles. The molecule has 4 nitrogen and oxygen atoms in total. The van der Waals surface area contributed by atoms with Gasteiger partial charge in [-0.05, 0) is 54.9 Å². The van der Waals surface area contributed by atoms with Crippen LogP contribution in [0.1, 0.15) is 24.8 Å². The summed E-state index contributed by atoms with van der Waals surface area (Å²) >= 11 is 0. The molecule has 1 aliphatic heterocycles. The molecule has 2 atom stereocenters. The van der Waals surface area contributed by atoms with Crippen molar-refractivity contribution >= 4 is 11.9 Å². The average molecular weight is 323 g/mol. The summed E-state index contributed by atoms with van der Waals surface area (Å²) in [6.45, 7) is 0.688. The summed E-state index contributed by atoms with van der Waals surface area (Å²) in [6, 6.07) is 3.19. The van der Waals surface area contributed by atoms with Crippen molar-refractivity contribution in [1.82, 2.24) is 4.90 Å². The van der Waals surface area contributed by atoms with Gasteiger partial charge in [-0.1, -0.05) is 0 Å². The van der Waals surface area contributed by atoms with Crippen molar-refractivity contribution in [3.8, 4) is 0 Å². The summed E-state index contributed by atoms with van der Waals surface area (Å²) in [7, 11) is 0. The number of amides is 1. The van der Waals surface area contributed by atoms with E-state index in [0.717, 1.165) is 31.0 Å². The van der Waals surface area contributed by atoms with Crippen molar-refractivity contribution in [2.45, 2.75) is 25.7 Å². The van der Waals surface area contributed by atoms with Crippen LogP contribution in [-0.2, 0) is 16.0 Å². The molecule has 6 heteroatoms. The fourth-order valence-electron chi connectivity index (χ4n) is 3.43. The first-order chi connectivity index (χ1) is 11.0. The Morgan fingerprint density at radius 1 is 1.22 bits per heavy atom. The molecule has 2 aliphatic rings. The van der Waals surface area contributed by atoms with Crippen molar-refractivity contribution < 1.29 is 23.5 Å². The Bertz CT molecular complexity index is 630. The number of carboxylic acids is 1. The van der Waals surface area contributed by atoms with Crippen LogP contribution in [0.3, 0.4) is 0 Å². The monoisotopic (exact) mass is 323 g/mol. The maximum absolute atomic E-state index is 13.6. The maximum Gasteiger partial charge on any atom is 0.308 e. The Balaban J connectivity index is 1.60. The topological polar surface area (TPSA) is 57.6 Å². The zero-order chi connectivity index (χ0) is 16.6. The van der Waals surface area contributed by atoms with Gasteiger partial charge in [0.15, 0.2) is 0 Å². The van der Waals surface area contributed by atoms with E-state index in [1.165, 1.54) is 0 Å². The predicted molar refractivity (Wildman–Crippen MR) is 78.6 cm³/mol. The van der Waals surface area contributed by atoms with Gasteiger partial charge < -0.3 is 10.0 Å². The Morgan fingerprint density at radius 3 is 2.61 bits per heavy atom. The number of nitrogens with zero attached hydrogens (tertiary/aromatic N) is 1. The summed E-state index contributed by atoms with van der Waals surface area (Å²) in [4.78, 5) is 25.2. The Kier molecular flexibility index (Phi) is 4.33. The first kappa shape index (κ1) is 15.9. The summed E-state index contributed by atoms with van der Waals surface area (Å²) in [5.74, 6) is -2.17. The molecule has 3 rings (SSSR count). The fraction of sp³-hybridized carbons (Fsp3) is 0.529. The van der Waals surface area contributed by atoms with Crippen LogP contribution in [0.4, 0.5) is 8.78 Å². The molecule has 1 N–H and O–H groups in total. The highest BCUT2D eigenvalue weighted by Gasteiger charge is 2.46. The van der Waals surface area contributed by atoms with Crippen molar-refractivity contribution in [3.05, 3.63) is 35.4 Å². The van der Waals surface area contributed by atoms with Crippen LogP contribution in [0, 0.1) is 29.4 Å². The number of likely N-dealkylation sites (tertiary alicyclic amines) is 1. The molecule has 1 saturated carbocycles. The largest absolute Gasteiger partial charge is 0.481 e. The molecule has 2 fully saturated rings. The second kappa shape index (κ2) is 6.26. The third-order valence-corrected chi connectivity index (χ3v) is 4.88. The van der Waals surface area contributed by atoms with Gasteiger partial charge in [0.25, 0.3) is 0 Å². The van der Waals surface area contributed by atoms with Gasteiger partial charge in [-0.25, -0.2) is 8.78 Å². The number of carbonyl (C=O) groups excluding carboxylic acids is 1. The highest BCUT2D eigenvalue weighted by Crippen LogP contribution is 2.44. The number of hydrogen-bond acceptors (Lipinski definition) is 2. The van der Waals surface area contributed by atoms with Crippen molar-refractivity contribution in [2.24, 2.45) is 17.8 Å². The van der Waals surface area contributed by atoms with Gasteiger partial charge in [0, 0.05) is 19.5 Å². The molecule has 23 heavy (non-hydrogen) atoms. The van der Waals surface area contributed by atoms with E-state index >= 15 is 0 Å². The van der Waals surface area contributed by atoms with Crippen LogP contribution < -0.4 is 0 Å². The van der Waals surface area contributed by atoms with E-state index in [9.17, 15) is 23.5 Å². The number of benzene rings is 1. The molecule has 0 radical (unpaired) electrons. The second-order valence-electron chi connectivity index (χ2n) is 6.48. The lowest BCUT2D eigenvalue weighted by Gasteiger charge is -2.16. The number of carbonyl (C=O) groups is 2. The van der Waals surface area contributed by atoms with Crippen molar-refractivity contribution in [3.63, 3.8) is 0 Å². The van der Waals surface area contributed by atoms with Crippen LogP contribution in [-0.4, -0.2) is 35.0 Å². The highest BCUT2D eigenvalue weighted by atomic mass is 19.1. The molecule has 0 spiro atoms. The van der Waals surface area contributed by atoms with E-state index in [2.05, 4.69) is 0 Å². The van der Waals surface area contributed by atoms with Gasteiger partial charge >= 0.3 is 5.97 Å². The first-order valence-electron chi connectivity index (χ1n) is 7.90. The van der Waals surface area contributed by atoms with Gasteiger partial charge in [-0.3, -0.25) is 9.59 Å². The van der Waals surface area contributed by atoms with Crippen LogP contribution in [0.15, 0.2) is 18.2 Å². The molecule has 1 aliphatic carbocycles. The van der Waals surface area contributed by atoms with E-state index in [1.807, 2.05) is 0 Å². The lowest BCUT2D eigenvalue weighted by Crippen LogP contribution is -2.30. The number of aryl methyl sites for hydroxylation is 1. The average Bonchev–Trinajstić information content (AvgIpc) is 3.26. The SMILES string of the molecule is O=C(O)[C@H]1CN(C(=O)CCc2cc(F)ccc2F)C[C@@H]1C1CC1. The quantitative estimate of drug-likeness (QED) is 0.905. The normalized spacial score (nSPS) is 24.0. The third-order valence-electron chi connectivity index (χ3n) is 4.88. The van der Waals surface area contributed by atoms with Gasteiger partial charge in [-0.15, -0.1) is 0 Å². The van der Waals surface area contributed by atoms with Gasteiger partial charge in [0.05, 0.1) is 5.92 Å². The molecule has 0 aromatic heterocycles. The van der Waals surface area contributed by atoms with E-state index in [0.29, 0.717) is 12.5 Å². The predicted octanol–water partition coefficient (Wildman–Crippen LogP) is 2.47. The molecular formula is C17H19F2NO3. The summed E-state index contributed by atoms with van der Waals surface area (Å²) in [5.41, 5.74) is 0.172. The lowest BCUT2D eigenvalue weighted by molar-refractivity contribution is -0.142. The molecule has 124 valence electrons. The fourth-order valence-corrected chi connectivity index (χ4v) is 3.43. The van der Waals surface area contributed by atoms with E-state index < -0.39 is 23.5 Å². The minimum absolute atomic E-state index is 0.0300. The minimum Gasteiger partial charge on any atom is -0.481 e. The third kappa shape index (κ3) is 3.51. The Hall–Kier alpha value is -1.98. The molecular weight excluding hydrogens is 304 g/mol. The molecule has 1 aromatic rings. The molecule has 1 saturated heterocycles. The first-order valence-corrected chi connectivity index (χ1v) is 7.90. The van der Waals surface area contributed by atoms with E-state index in [-0.39, 0.29) is 36.8 Å². The van der Waals surface area contributed by atoms with Crippen LogP contribution >= 0.6 is 0 Å². The lowest BCUT2D eigenvalue weighted by atomic mass is 9.92. The molecule has 1 amide bonds. The zero-order valence-corrected chi connectivity index (χ0v) is 12.7. The number of aliphatic carboxylic acids is 1. The molecule has 0 bridgehead atoms. The second-order valence-corrected chi connectivity index (χ2v) is 6.48. The van der Waals surface area contributed by atoms with Crippen molar-refractivity contribution in [2.75, 3.05) is 13.1 Å². The zero-order valence-electron chi connectivity index (χ0n) is 12.7. The molecule has 1 heterocycles. The number of hydrogen-bond donors (Lipinski definition) is 1. The standard InChI is InChI=1S/C17H19F2NO3/c18-12-4-5-15(19)11(7-12)3-6-16(21)20-8-13(10-1-2-10)14(9-20)17(22)23/h4-5,7,10,13-14H,1-3,6,8-9H2,(H,22,23)/t13-,14+/m1/s1. The van der Waals surface area contributed by atoms with E-state index in [1.54, 1.807) is 4.90 Å². The Labute approximate surface area is 133 Å². The Morgan fingerprint density at radius 2 is 1.96 bits per heavy atom. The van der Waals surface area contributed by atoms with Gasteiger partial charge in [0.2, 0.25) is 5.91 Å². The van der Waals surface area contributed by atoms with Gasteiger partial charge in [0.1, 0.15) is 11.6 Å². The minimum atomic E-state index is -0.853. The van der Waals surface area contributed by atoms with E-state index in [4.69, 9.17) is 0 Å². The van der Waals surface area contributed by atoms with Crippen molar-refractivity contribution in [1.29, 1.82) is 0 Å². The highest BCUT2D eigenvalue weighted by molar-refractivity contribution is 5.79. The number of halogens is 2. The number of carboxylic acid groups (broad SMARTS) is 1. The number of rotatable bonds is 5. The smallest absolute Gasteiger partial charge is 0.308 e. The van der Waals surface area contributed by atoms with Crippen LogP contribution in [0.5, 0.6) is 0 Å². The maximum atomic E-state index is 13.6. The summed E-state index contributed by atoms with van der Waals surface area (Å²) in [6.07, 6.45) is 2.24.